The van der Waals surface area contributed by atoms with E-state index in [1.165, 1.54) is 58.0 Å². The van der Waals surface area contributed by atoms with Crippen LogP contribution in [0.25, 0.3) is 0 Å². The van der Waals surface area contributed by atoms with E-state index in [1.54, 1.807) is 0 Å². The van der Waals surface area contributed by atoms with Gasteiger partial charge in [0.1, 0.15) is 0 Å². The van der Waals surface area contributed by atoms with Gasteiger partial charge in [-0.15, -0.1) is 0 Å². The quantitative estimate of drug-likeness (QED) is 0.590. The van der Waals surface area contributed by atoms with Crippen molar-refractivity contribution >= 4 is 0 Å². The number of likely N-dealkylation sites (tertiary alicyclic amines) is 1. The summed E-state index contributed by atoms with van der Waals surface area (Å²) in [7, 11) is 0. The molecule has 0 saturated carbocycles. The molecule has 13 heavy (non-hydrogen) atoms. The fourth-order valence-corrected chi connectivity index (χ4v) is 2.23. The Morgan fingerprint density at radius 2 is 1.77 bits per heavy atom. The minimum atomic E-state index is 0.840. The highest BCUT2D eigenvalue weighted by molar-refractivity contribution is 4.71. The zero-order valence-corrected chi connectivity index (χ0v) is 9.39. The molecule has 1 heterocycles. The highest BCUT2D eigenvalue weighted by atomic mass is 15.1. The van der Waals surface area contributed by atoms with Gasteiger partial charge >= 0.3 is 0 Å². The molecular formula is C12H25N. The Morgan fingerprint density at radius 1 is 1.08 bits per heavy atom. The van der Waals surface area contributed by atoms with Crippen molar-refractivity contribution in [3.8, 4) is 0 Å². The van der Waals surface area contributed by atoms with Crippen molar-refractivity contribution < 1.29 is 0 Å². The highest BCUT2D eigenvalue weighted by Crippen LogP contribution is 2.15. The number of rotatable bonds is 5. The lowest BCUT2D eigenvalue weighted by Crippen LogP contribution is -2.37. The molecule has 1 atom stereocenters. The molecule has 1 nitrogen and oxygen atoms in total. The third-order valence-corrected chi connectivity index (χ3v) is 3.24. The van der Waals surface area contributed by atoms with Crippen LogP contribution in [0.3, 0.4) is 0 Å². The van der Waals surface area contributed by atoms with Gasteiger partial charge in [0, 0.05) is 6.04 Å². The Labute approximate surface area is 83.5 Å². The lowest BCUT2D eigenvalue weighted by molar-refractivity contribution is 0.164. The molecule has 1 heteroatoms. The molecule has 0 unspecified atom stereocenters. The Kier molecular flexibility index (Phi) is 5.45. The maximum atomic E-state index is 2.68. The number of hydrogen-bond acceptors (Lipinski definition) is 1. The van der Waals surface area contributed by atoms with Crippen LogP contribution in [0.4, 0.5) is 0 Å². The van der Waals surface area contributed by atoms with E-state index in [4.69, 9.17) is 0 Å². The van der Waals surface area contributed by atoms with Crippen LogP contribution < -0.4 is 0 Å². The Morgan fingerprint density at radius 3 is 2.38 bits per heavy atom. The van der Waals surface area contributed by atoms with Gasteiger partial charge < -0.3 is 4.90 Å². The van der Waals surface area contributed by atoms with Gasteiger partial charge in [-0.25, -0.2) is 0 Å². The Balaban J connectivity index is 2.09. The summed E-state index contributed by atoms with van der Waals surface area (Å²) < 4.78 is 0. The molecule has 0 N–H and O–H groups in total. The Bertz CT molecular complexity index is 116. The monoisotopic (exact) mass is 183 g/mol. The average Bonchev–Trinajstić information content (AvgIpc) is 2.19. The molecular weight excluding hydrogens is 158 g/mol. The van der Waals surface area contributed by atoms with Crippen LogP contribution in [0.5, 0.6) is 0 Å². The summed E-state index contributed by atoms with van der Waals surface area (Å²) in [5, 5.41) is 0. The first-order valence-corrected chi connectivity index (χ1v) is 6.08. The van der Waals surface area contributed by atoms with Gasteiger partial charge in [-0.1, -0.05) is 32.6 Å². The van der Waals surface area contributed by atoms with Crippen LogP contribution in [0, 0.1) is 0 Å². The molecule has 1 aliphatic heterocycles. The van der Waals surface area contributed by atoms with E-state index >= 15 is 0 Å². The first-order valence-electron chi connectivity index (χ1n) is 6.08. The lowest BCUT2D eigenvalue weighted by Gasteiger charge is -2.32. The summed E-state index contributed by atoms with van der Waals surface area (Å²) in [5.74, 6) is 0. The topological polar surface area (TPSA) is 3.24 Å². The Hall–Kier alpha value is -0.0400. The van der Waals surface area contributed by atoms with Crippen LogP contribution in [0.15, 0.2) is 0 Å². The van der Waals surface area contributed by atoms with E-state index in [-0.39, 0.29) is 0 Å². The normalized spacial score (nSPS) is 21.7. The summed E-state index contributed by atoms with van der Waals surface area (Å²) >= 11 is 0. The molecule has 0 bridgehead atoms. The van der Waals surface area contributed by atoms with Gasteiger partial charge in [-0.05, 0) is 39.3 Å². The molecule has 1 saturated heterocycles. The van der Waals surface area contributed by atoms with E-state index in [0.29, 0.717) is 0 Å². The van der Waals surface area contributed by atoms with Crippen LogP contribution in [-0.4, -0.2) is 24.0 Å². The van der Waals surface area contributed by atoms with Gasteiger partial charge in [0.2, 0.25) is 0 Å². The SMILES string of the molecule is CCCCC[C@@H](C)N1CCCCC1. The zero-order chi connectivity index (χ0) is 9.52. The molecule has 1 rings (SSSR count). The second-order valence-electron chi connectivity index (χ2n) is 4.44. The minimum absolute atomic E-state index is 0.840. The number of nitrogens with zero attached hydrogens (tertiary/aromatic N) is 1. The fourth-order valence-electron chi connectivity index (χ4n) is 2.23. The number of hydrogen-bond donors (Lipinski definition) is 0. The molecule has 78 valence electrons. The largest absolute Gasteiger partial charge is 0.301 e. The molecule has 1 aliphatic rings. The van der Waals surface area contributed by atoms with Crippen molar-refractivity contribution in [2.24, 2.45) is 0 Å². The fraction of sp³-hybridized carbons (Fsp3) is 1.00. The van der Waals surface area contributed by atoms with Gasteiger partial charge in [0.05, 0.1) is 0 Å². The van der Waals surface area contributed by atoms with E-state index < -0.39 is 0 Å². The number of unbranched alkanes of at least 4 members (excludes halogenated alkanes) is 2. The van der Waals surface area contributed by atoms with Crippen molar-refractivity contribution in [1.29, 1.82) is 0 Å². The average molecular weight is 183 g/mol. The molecule has 0 aromatic rings. The van der Waals surface area contributed by atoms with Crippen molar-refractivity contribution in [3.05, 3.63) is 0 Å². The summed E-state index contributed by atoms with van der Waals surface area (Å²) in [5.41, 5.74) is 0. The smallest absolute Gasteiger partial charge is 0.00669 e. The van der Waals surface area contributed by atoms with Gasteiger partial charge in [0.25, 0.3) is 0 Å². The summed E-state index contributed by atoms with van der Waals surface area (Å²) in [6, 6.07) is 0.840. The molecule has 0 aromatic heterocycles. The molecule has 0 aromatic carbocycles. The predicted octanol–water partition coefficient (Wildman–Crippen LogP) is 3.44. The molecule has 0 radical (unpaired) electrons. The minimum Gasteiger partial charge on any atom is -0.301 e. The first kappa shape index (κ1) is 11.0. The van der Waals surface area contributed by atoms with E-state index in [0.717, 1.165) is 6.04 Å². The standard InChI is InChI=1S/C12H25N/c1-3-4-6-9-12(2)13-10-7-5-8-11-13/h12H,3-11H2,1-2H3/t12-/m1/s1. The van der Waals surface area contributed by atoms with Crippen molar-refractivity contribution in [2.45, 2.75) is 64.8 Å². The summed E-state index contributed by atoms with van der Waals surface area (Å²) in [6.45, 7) is 7.40. The van der Waals surface area contributed by atoms with Crippen molar-refractivity contribution in [1.82, 2.24) is 4.90 Å². The van der Waals surface area contributed by atoms with E-state index in [9.17, 15) is 0 Å². The summed E-state index contributed by atoms with van der Waals surface area (Å²) in [6.07, 6.45) is 9.92. The van der Waals surface area contributed by atoms with Crippen LogP contribution >= 0.6 is 0 Å². The second kappa shape index (κ2) is 6.42. The molecule has 1 fully saturated rings. The van der Waals surface area contributed by atoms with Gasteiger partial charge in [-0.3, -0.25) is 0 Å². The molecule has 0 spiro atoms. The number of piperidine rings is 1. The maximum Gasteiger partial charge on any atom is 0.00669 e. The van der Waals surface area contributed by atoms with Crippen LogP contribution in [0.1, 0.15) is 58.8 Å². The zero-order valence-electron chi connectivity index (χ0n) is 9.39. The van der Waals surface area contributed by atoms with E-state index in [1.807, 2.05) is 0 Å². The van der Waals surface area contributed by atoms with Crippen LogP contribution in [-0.2, 0) is 0 Å². The third-order valence-electron chi connectivity index (χ3n) is 3.24. The molecule has 0 amide bonds. The van der Waals surface area contributed by atoms with Gasteiger partial charge in [-0.2, -0.15) is 0 Å². The maximum absolute atomic E-state index is 2.68. The second-order valence-corrected chi connectivity index (χ2v) is 4.44. The highest BCUT2D eigenvalue weighted by Gasteiger charge is 2.15. The summed E-state index contributed by atoms with van der Waals surface area (Å²) in [4.78, 5) is 2.68. The predicted molar refractivity (Wildman–Crippen MR) is 59.0 cm³/mol. The third kappa shape index (κ3) is 4.12. The first-order chi connectivity index (χ1) is 6.34. The van der Waals surface area contributed by atoms with Crippen molar-refractivity contribution in [2.75, 3.05) is 13.1 Å². The lowest BCUT2D eigenvalue weighted by atomic mass is 10.0. The van der Waals surface area contributed by atoms with E-state index in [2.05, 4.69) is 18.7 Å². The van der Waals surface area contributed by atoms with Gasteiger partial charge in [0.15, 0.2) is 0 Å². The van der Waals surface area contributed by atoms with Crippen LogP contribution in [0.2, 0.25) is 0 Å². The molecule has 0 aliphatic carbocycles. The van der Waals surface area contributed by atoms with Crippen molar-refractivity contribution in [3.63, 3.8) is 0 Å².